The second-order valence-corrected chi connectivity index (χ2v) is 5.62. The predicted octanol–water partition coefficient (Wildman–Crippen LogP) is 2.06. The van der Waals surface area contributed by atoms with Crippen LogP contribution in [0, 0.1) is 6.92 Å². The first-order valence-corrected chi connectivity index (χ1v) is 7.16. The summed E-state index contributed by atoms with van der Waals surface area (Å²) in [6.07, 6.45) is 0.667. The quantitative estimate of drug-likeness (QED) is 0.802. The molecule has 0 spiro atoms. The number of aryl methyl sites for hydroxylation is 1. The number of nitrogens with zero attached hydrogens (tertiary/aromatic N) is 1. The fourth-order valence-electron chi connectivity index (χ4n) is 2.58. The second-order valence-electron chi connectivity index (χ2n) is 5.62. The third kappa shape index (κ3) is 3.73. The molecule has 0 saturated carbocycles. The van der Waals surface area contributed by atoms with Gasteiger partial charge in [-0.2, -0.15) is 0 Å². The van der Waals surface area contributed by atoms with E-state index in [-0.39, 0.29) is 11.9 Å². The number of nitrogens with one attached hydrogen (secondary N) is 1. The Morgan fingerprint density at radius 3 is 2.60 bits per heavy atom. The number of nitrogens with two attached hydrogens (primary N) is 1. The van der Waals surface area contributed by atoms with Crippen molar-refractivity contribution >= 4 is 11.6 Å². The normalized spacial score (nSPS) is 15.4. The maximum absolute atomic E-state index is 11.6. The number of carbonyl (C=O) groups excluding carboxylic acids is 1. The van der Waals surface area contributed by atoms with Crippen molar-refractivity contribution in [3.63, 3.8) is 0 Å². The van der Waals surface area contributed by atoms with Gasteiger partial charge in [0.2, 0.25) is 5.91 Å². The van der Waals surface area contributed by atoms with Gasteiger partial charge >= 0.3 is 0 Å². The summed E-state index contributed by atoms with van der Waals surface area (Å²) in [4.78, 5) is 13.9. The number of hydrogen-bond donors (Lipinski definition) is 2. The average molecular weight is 277 g/mol. The van der Waals surface area contributed by atoms with Crippen molar-refractivity contribution in [1.82, 2.24) is 5.32 Å². The molecule has 0 aliphatic rings. The number of anilines is 1. The Morgan fingerprint density at radius 2 is 2.15 bits per heavy atom. The summed E-state index contributed by atoms with van der Waals surface area (Å²) in [5.74, 6) is -0.313. The number of rotatable bonds is 7. The minimum Gasteiger partial charge on any atom is -0.369 e. The Balaban J connectivity index is 2.93. The highest BCUT2D eigenvalue weighted by Crippen LogP contribution is 2.23. The highest BCUT2D eigenvalue weighted by Gasteiger charge is 2.32. The summed E-state index contributed by atoms with van der Waals surface area (Å²) in [6.45, 7) is 9.09. The van der Waals surface area contributed by atoms with Gasteiger partial charge in [-0.3, -0.25) is 4.79 Å². The van der Waals surface area contributed by atoms with Crippen LogP contribution in [0.15, 0.2) is 24.3 Å². The summed E-state index contributed by atoms with van der Waals surface area (Å²) in [5.41, 5.74) is 7.25. The van der Waals surface area contributed by atoms with Gasteiger partial charge in [0.15, 0.2) is 0 Å². The number of benzene rings is 1. The Bertz CT molecular complexity index is 461. The average Bonchev–Trinajstić information content (AvgIpc) is 2.39. The van der Waals surface area contributed by atoms with Gasteiger partial charge in [0.1, 0.15) is 0 Å². The third-order valence-corrected chi connectivity index (χ3v) is 4.01. The van der Waals surface area contributed by atoms with E-state index in [1.165, 1.54) is 11.3 Å². The topological polar surface area (TPSA) is 58.4 Å². The van der Waals surface area contributed by atoms with Crippen molar-refractivity contribution in [2.45, 2.75) is 45.7 Å². The van der Waals surface area contributed by atoms with Crippen molar-refractivity contribution in [1.29, 1.82) is 0 Å². The van der Waals surface area contributed by atoms with Crippen LogP contribution in [0.25, 0.3) is 0 Å². The van der Waals surface area contributed by atoms with Gasteiger partial charge in [-0.15, -0.1) is 0 Å². The first-order valence-electron chi connectivity index (χ1n) is 7.16. The van der Waals surface area contributed by atoms with E-state index >= 15 is 0 Å². The van der Waals surface area contributed by atoms with Gasteiger partial charge in [-0.25, -0.2) is 0 Å². The largest absolute Gasteiger partial charge is 0.369 e. The van der Waals surface area contributed by atoms with E-state index in [0.717, 1.165) is 6.54 Å². The number of amides is 1. The molecule has 1 aromatic carbocycles. The van der Waals surface area contributed by atoms with Crippen LogP contribution >= 0.6 is 0 Å². The molecular weight excluding hydrogens is 250 g/mol. The molecule has 112 valence electrons. The molecule has 0 bridgehead atoms. The van der Waals surface area contributed by atoms with Gasteiger partial charge in [0.05, 0.1) is 5.54 Å². The van der Waals surface area contributed by atoms with Gasteiger partial charge in [0, 0.05) is 18.3 Å². The maximum atomic E-state index is 11.6. The van der Waals surface area contributed by atoms with Crippen molar-refractivity contribution < 1.29 is 4.79 Å². The molecule has 0 saturated heterocycles. The van der Waals surface area contributed by atoms with Gasteiger partial charge in [0.25, 0.3) is 0 Å². The molecule has 0 aliphatic heterocycles. The number of hydrogen-bond acceptors (Lipinski definition) is 3. The maximum Gasteiger partial charge on any atom is 0.237 e. The zero-order chi connectivity index (χ0) is 15.3. The minimum absolute atomic E-state index is 0.215. The van der Waals surface area contributed by atoms with E-state index in [2.05, 4.69) is 55.3 Å². The van der Waals surface area contributed by atoms with Crippen molar-refractivity contribution in [2.75, 3.05) is 18.5 Å². The zero-order valence-corrected chi connectivity index (χ0v) is 13.2. The van der Waals surface area contributed by atoms with Crippen LogP contribution < -0.4 is 16.0 Å². The van der Waals surface area contributed by atoms with Crippen molar-refractivity contribution in [3.8, 4) is 0 Å². The first kappa shape index (κ1) is 16.5. The van der Waals surface area contributed by atoms with Crippen LogP contribution in [0.3, 0.4) is 0 Å². The summed E-state index contributed by atoms with van der Waals surface area (Å²) in [5, 5.41) is 3.05. The molecule has 0 aliphatic carbocycles. The van der Waals surface area contributed by atoms with Crippen LogP contribution in [-0.2, 0) is 4.79 Å². The fraction of sp³-hybridized carbons (Fsp3) is 0.562. The number of primary amides is 1. The van der Waals surface area contributed by atoms with Gasteiger partial charge in [-0.1, -0.05) is 12.1 Å². The van der Waals surface area contributed by atoms with E-state index in [9.17, 15) is 4.79 Å². The molecule has 2 atom stereocenters. The Morgan fingerprint density at radius 1 is 1.50 bits per heavy atom. The van der Waals surface area contributed by atoms with Crippen LogP contribution in [0.2, 0.25) is 0 Å². The third-order valence-electron chi connectivity index (χ3n) is 4.01. The standard InChI is InChI=1S/C16H27N3O/c1-6-19(14-9-7-8-12(2)10-14)13(3)11-16(4,18-5)15(17)20/h7-10,13,18H,6,11H2,1-5H3,(H2,17,20). The molecule has 0 fully saturated rings. The zero-order valence-electron chi connectivity index (χ0n) is 13.2. The fourth-order valence-corrected chi connectivity index (χ4v) is 2.58. The summed E-state index contributed by atoms with van der Waals surface area (Å²) in [6, 6.07) is 8.63. The Kier molecular flexibility index (Phi) is 5.57. The smallest absolute Gasteiger partial charge is 0.237 e. The molecule has 1 amide bonds. The summed E-state index contributed by atoms with van der Waals surface area (Å²) >= 11 is 0. The summed E-state index contributed by atoms with van der Waals surface area (Å²) < 4.78 is 0. The van der Waals surface area contributed by atoms with Crippen LogP contribution in [0.1, 0.15) is 32.8 Å². The lowest BCUT2D eigenvalue weighted by Gasteiger charge is -2.36. The molecule has 1 aromatic rings. The van der Waals surface area contributed by atoms with Crippen molar-refractivity contribution in [2.24, 2.45) is 5.73 Å². The summed E-state index contributed by atoms with van der Waals surface area (Å²) in [7, 11) is 1.78. The molecule has 4 heteroatoms. The highest BCUT2D eigenvalue weighted by molar-refractivity contribution is 5.84. The molecule has 2 unspecified atom stereocenters. The van der Waals surface area contributed by atoms with E-state index in [1.807, 2.05) is 6.92 Å². The van der Waals surface area contributed by atoms with E-state index in [4.69, 9.17) is 5.73 Å². The van der Waals surface area contributed by atoms with E-state index in [1.54, 1.807) is 7.05 Å². The Hall–Kier alpha value is -1.55. The first-order chi connectivity index (χ1) is 9.34. The van der Waals surface area contributed by atoms with E-state index < -0.39 is 5.54 Å². The van der Waals surface area contributed by atoms with Gasteiger partial charge in [-0.05, 0) is 58.9 Å². The molecule has 3 N–H and O–H groups in total. The SMILES string of the molecule is CCN(c1cccc(C)c1)C(C)CC(C)(NC)C(N)=O. The molecule has 0 aromatic heterocycles. The molecule has 0 heterocycles. The molecule has 1 rings (SSSR count). The molecule has 0 radical (unpaired) electrons. The lowest BCUT2D eigenvalue weighted by Crippen LogP contribution is -2.55. The second kappa shape index (κ2) is 6.75. The van der Waals surface area contributed by atoms with Crippen molar-refractivity contribution in [3.05, 3.63) is 29.8 Å². The highest BCUT2D eigenvalue weighted by atomic mass is 16.1. The lowest BCUT2D eigenvalue weighted by molar-refractivity contribution is -0.124. The number of likely N-dealkylation sites (N-methyl/N-ethyl adjacent to an activating group) is 1. The molecular formula is C16H27N3O. The molecule has 20 heavy (non-hydrogen) atoms. The Labute approximate surface area is 122 Å². The number of carbonyl (C=O) groups is 1. The van der Waals surface area contributed by atoms with E-state index in [0.29, 0.717) is 6.42 Å². The monoisotopic (exact) mass is 277 g/mol. The van der Waals surface area contributed by atoms with Crippen LogP contribution in [0.4, 0.5) is 5.69 Å². The lowest BCUT2D eigenvalue weighted by atomic mass is 9.92. The van der Waals surface area contributed by atoms with Crippen LogP contribution in [-0.4, -0.2) is 31.1 Å². The van der Waals surface area contributed by atoms with Crippen LogP contribution in [0.5, 0.6) is 0 Å². The predicted molar refractivity (Wildman–Crippen MR) is 84.9 cm³/mol. The van der Waals surface area contributed by atoms with Gasteiger partial charge < -0.3 is 16.0 Å². The minimum atomic E-state index is -0.684. The molecule has 4 nitrogen and oxygen atoms in total.